The number of halogens is 1. The smallest absolute Gasteiger partial charge is 0.378 e. The van der Waals surface area contributed by atoms with E-state index >= 15 is 0 Å². The molecule has 3 rings (SSSR count). The van der Waals surface area contributed by atoms with Gasteiger partial charge < -0.3 is 10.1 Å². The molecule has 0 aliphatic rings. The number of nitrogens with zero attached hydrogens (tertiary/aromatic N) is 4. The summed E-state index contributed by atoms with van der Waals surface area (Å²) in [5.41, 5.74) is 2.40. The van der Waals surface area contributed by atoms with E-state index in [4.69, 9.17) is 16.3 Å². The van der Waals surface area contributed by atoms with E-state index in [9.17, 15) is 9.59 Å². The molecule has 0 spiro atoms. The molecule has 0 radical (unpaired) electrons. The molecule has 2 aromatic heterocycles. The summed E-state index contributed by atoms with van der Waals surface area (Å²) in [6, 6.07) is 8.70. The fourth-order valence-corrected chi connectivity index (χ4v) is 2.79. The molecular formula is C18H18ClN5O3. The van der Waals surface area contributed by atoms with E-state index in [1.54, 1.807) is 18.2 Å². The van der Waals surface area contributed by atoms with E-state index in [-0.39, 0.29) is 11.9 Å². The molecule has 8 nitrogen and oxygen atoms in total. The number of aromatic nitrogens is 4. The summed E-state index contributed by atoms with van der Waals surface area (Å²) >= 11 is 5.95. The molecule has 1 N–H and O–H groups in total. The molecule has 140 valence electrons. The summed E-state index contributed by atoms with van der Waals surface area (Å²) in [6.45, 7) is 5.03. The minimum absolute atomic E-state index is 0.146. The van der Waals surface area contributed by atoms with Crippen molar-refractivity contribution in [3.63, 3.8) is 0 Å². The third-order valence-corrected chi connectivity index (χ3v) is 4.10. The fraction of sp³-hybridized carbons (Fsp3) is 0.278. The van der Waals surface area contributed by atoms with Crippen molar-refractivity contribution in [2.45, 2.75) is 26.8 Å². The molecule has 0 aliphatic heterocycles. The first-order valence-corrected chi connectivity index (χ1v) is 8.64. The van der Waals surface area contributed by atoms with Crippen molar-refractivity contribution in [2.24, 2.45) is 0 Å². The molecule has 1 aromatic carbocycles. The van der Waals surface area contributed by atoms with Crippen LogP contribution in [-0.4, -0.2) is 38.1 Å². The molecule has 1 unspecified atom stereocenters. The van der Waals surface area contributed by atoms with Crippen molar-refractivity contribution in [2.75, 3.05) is 6.61 Å². The summed E-state index contributed by atoms with van der Waals surface area (Å²) < 4.78 is 6.46. The van der Waals surface area contributed by atoms with Crippen molar-refractivity contribution >= 4 is 29.3 Å². The number of amides is 1. The Morgan fingerprint density at radius 1 is 1.26 bits per heavy atom. The first-order valence-electron chi connectivity index (χ1n) is 8.26. The number of hydrogen-bond donors (Lipinski definition) is 1. The van der Waals surface area contributed by atoms with Crippen LogP contribution in [0.4, 0.5) is 0 Å². The largest absolute Gasteiger partial charge is 0.450 e. The topological polar surface area (TPSA) is 98.5 Å². The molecule has 0 saturated heterocycles. The van der Waals surface area contributed by atoms with Gasteiger partial charge in [0.25, 0.3) is 17.5 Å². The molecule has 2 heterocycles. The first-order chi connectivity index (χ1) is 12.8. The van der Waals surface area contributed by atoms with E-state index in [2.05, 4.69) is 20.4 Å². The van der Waals surface area contributed by atoms with Crippen molar-refractivity contribution in [1.29, 1.82) is 0 Å². The predicted molar refractivity (Wildman–Crippen MR) is 98.5 cm³/mol. The number of carbonyl (C=O) groups is 2. The van der Waals surface area contributed by atoms with Crippen LogP contribution in [0.2, 0.25) is 5.02 Å². The highest BCUT2D eigenvalue weighted by Crippen LogP contribution is 2.17. The van der Waals surface area contributed by atoms with Gasteiger partial charge in [-0.3, -0.25) is 4.79 Å². The summed E-state index contributed by atoms with van der Waals surface area (Å²) in [6.07, 6.45) is 0. The van der Waals surface area contributed by atoms with Gasteiger partial charge in [-0.05, 0) is 44.5 Å². The average Bonchev–Trinajstić information content (AvgIpc) is 3.04. The van der Waals surface area contributed by atoms with E-state index in [0.29, 0.717) is 10.8 Å². The Morgan fingerprint density at radius 3 is 2.78 bits per heavy atom. The number of ether oxygens (including phenoxy) is 1. The third-order valence-electron chi connectivity index (χ3n) is 3.86. The molecule has 0 aliphatic carbocycles. The van der Waals surface area contributed by atoms with Crippen LogP contribution in [0, 0.1) is 13.8 Å². The summed E-state index contributed by atoms with van der Waals surface area (Å²) in [7, 11) is 0. The third kappa shape index (κ3) is 4.40. The van der Waals surface area contributed by atoms with Gasteiger partial charge in [-0.2, -0.15) is 4.98 Å². The molecule has 1 atom stereocenters. The van der Waals surface area contributed by atoms with Crippen LogP contribution in [0.15, 0.2) is 30.3 Å². The van der Waals surface area contributed by atoms with Gasteiger partial charge in [-0.25, -0.2) is 14.3 Å². The summed E-state index contributed by atoms with van der Waals surface area (Å²) in [4.78, 5) is 32.4. The van der Waals surface area contributed by atoms with Gasteiger partial charge >= 0.3 is 5.97 Å². The lowest BCUT2D eigenvalue weighted by atomic mass is 10.1. The van der Waals surface area contributed by atoms with Gasteiger partial charge in [0.15, 0.2) is 6.61 Å². The van der Waals surface area contributed by atoms with Gasteiger partial charge in [0.2, 0.25) is 0 Å². The maximum absolute atomic E-state index is 12.1. The highest BCUT2D eigenvalue weighted by Gasteiger charge is 2.18. The number of benzene rings is 1. The highest BCUT2D eigenvalue weighted by molar-refractivity contribution is 6.30. The zero-order valence-corrected chi connectivity index (χ0v) is 15.8. The Bertz CT molecular complexity index is 1020. The molecule has 27 heavy (non-hydrogen) atoms. The number of nitrogens with one attached hydrogen (secondary N) is 1. The van der Waals surface area contributed by atoms with E-state index in [1.807, 2.05) is 32.9 Å². The summed E-state index contributed by atoms with van der Waals surface area (Å²) in [5.74, 6) is -1.07. The van der Waals surface area contributed by atoms with Crippen LogP contribution in [0.1, 0.15) is 40.5 Å². The lowest BCUT2D eigenvalue weighted by Gasteiger charge is -2.14. The van der Waals surface area contributed by atoms with E-state index in [0.717, 1.165) is 17.0 Å². The second kappa shape index (κ2) is 7.71. The van der Waals surface area contributed by atoms with Crippen LogP contribution < -0.4 is 5.32 Å². The predicted octanol–water partition coefficient (Wildman–Crippen LogP) is 2.43. The van der Waals surface area contributed by atoms with Gasteiger partial charge in [-0.1, -0.05) is 23.7 Å². The zero-order valence-electron chi connectivity index (χ0n) is 15.1. The number of rotatable bonds is 5. The Balaban J connectivity index is 1.60. The second-order valence-electron chi connectivity index (χ2n) is 6.11. The lowest BCUT2D eigenvalue weighted by molar-refractivity contribution is -0.124. The molecule has 0 bridgehead atoms. The van der Waals surface area contributed by atoms with Gasteiger partial charge in [0.05, 0.1) is 6.04 Å². The normalized spacial score (nSPS) is 12.0. The zero-order chi connectivity index (χ0) is 19.6. The second-order valence-corrected chi connectivity index (χ2v) is 6.54. The highest BCUT2D eigenvalue weighted by atomic mass is 35.5. The molecule has 1 amide bonds. The SMILES string of the molecule is Cc1cc(C)n2nc(C(=O)OCC(=O)NC(C)c3cccc(Cl)c3)nc2n1. The minimum Gasteiger partial charge on any atom is -0.450 e. The Kier molecular flexibility index (Phi) is 5.36. The van der Waals surface area contributed by atoms with Crippen LogP contribution in [0.5, 0.6) is 0 Å². The molecule has 0 saturated carbocycles. The molecule has 0 fully saturated rings. The minimum atomic E-state index is -0.789. The van der Waals surface area contributed by atoms with Gasteiger partial charge in [0.1, 0.15) is 0 Å². The van der Waals surface area contributed by atoms with Crippen molar-refractivity contribution < 1.29 is 14.3 Å². The standard InChI is InChI=1S/C18H18ClN5O3/c1-10-7-11(2)24-18(20-10)22-16(23-24)17(26)27-9-15(25)21-12(3)13-5-4-6-14(19)8-13/h4-8,12H,9H2,1-3H3,(H,21,25). The molecule has 3 aromatic rings. The summed E-state index contributed by atoms with van der Waals surface area (Å²) in [5, 5.41) is 7.39. The van der Waals surface area contributed by atoms with Gasteiger partial charge in [0, 0.05) is 16.4 Å². The average molecular weight is 388 g/mol. The number of fused-ring (bicyclic) bond motifs is 1. The number of hydrogen-bond acceptors (Lipinski definition) is 6. The fourth-order valence-electron chi connectivity index (χ4n) is 2.59. The van der Waals surface area contributed by atoms with E-state index < -0.39 is 18.5 Å². The number of esters is 1. The van der Waals surface area contributed by atoms with Crippen molar-refractivity contribution in [3.8, 4) is 0 Å². The monoisotopic (exact) mass is 387 g/mol. The Morgan fingerprint density at radius 2 is 2.04 bits per heavy atom. The van der Waals surface area contributed by atoms with Crippen LogP contribution in [-0.2, 0) is 9.53 Å². The molecule has 9 heteroatoms. The Labute approximate surface area is 160 Å². The quantitative estimate of drug-likeness (QED) is 0.675. The maximum atomic E-state index is 12.1. The van der Waals surface area contributed by atoms with Crippen molar-refractivity contribution in [1.82, 2.24) is 24.9 Å². The number of carbonyl (C=O) groups excluding carboxylic acids is 2. The van der Waals surface area contributed by atoms with Crippen LogP contribution in [0.25, 0.3) is 5.78 Å². The first kappa shape index (κ1) is 18.8. The van der Waals surface area contributed by atoms with Crippen LogP contribution >= 0.6 is 11.6 Å². The Hall–Kier alpha value is -3.00. The molecular weight excluding hydrogens is 370 g/mol. The van der Waals surface area contributed by atoms with Crippen LogP contribution in [0.3, 0.4) is 0 Å². The van der Waals surface area contributed by atoms with Crippen molar-refractivity contribution in [3.05, 3.63) is 58.1 Å². The lowest BCUT2D eigenvalue weighted by Crippen LogP contribution is -2.31. The van der Waals surface area contributed by atoms with E-state index in [1.165, 1.54) is 4.52 Å². The van der Waals surface area contributed by atoms with Gasteiger partial charge in [-0.15, -0.1) is 5.10 Å². The number of aryl methyl sites for hydroxylation is 2. The maximum Gasteiger partial charge on any atom is 0.378 e.